The molecule has 3 fully saturated rings. The summed E-state index contributed by atoms with van der Waals surface area (Å²) < 4.78 is 44.4. The van der Waals surface area contributed by atoms with E-state index < -0.39 is 10.0 Å². The monoisotopic (exact) mass is 668 g/mol. The number of pyridine rings is 1. The van der Waals surface area contributed by atoms with Crippen LogP contribution in [0.3, 0.4) is 0 Å². The zero-order valence-electron chi connectivity index (χ0n) is 25.3. The zero-order valence-corrected chi connectivity index (χ0v) is 26.9. The molecule has 0 unspecified atom stereocenters. The lowest BCUT2D eigenvalue weighted by Gasteiger charge is -2.30. The summed E-state index contributed by atoms with van der Waals surface area (Å²) in [5.41, 5.74) is 3.19. The van der Waals surface area contributed by atoms with E-state index in [0.29, 0.717) is 61.7 Å². The normalized spacial score (nSPS) is 20.5. The highest BCUT2D eigenvalue weighted by molar-refractivity contribution is 7.90. The Morgan fingerprint density at radius 1 is 1.00 bits per heavy atom. The number of aromatic nitrogens is 6. The molecule has 0 radical (unpaired) electrons. The van der Waals surface area contributed by atoms with Gasteiger partial charge in [0.1, 0.15) is 18.3 Å². The van der Waals surface area contributed by atoms with Crippen LogP contribution in [0.25, 0.3) is 22.6 Å². The number of rotatable bonds is 12. The second-order valence-electron chi connectivity index (χ2n) is 11.8. The van der Waals surface area contributed by atoms with Gasteiger partial charge in [0.2, 0.25) is 0 Å². The van der Waals surface area contributed by atoms with Crippen LogP contribution in [0.1, 0.15) is 38.5 Å². The van der Waals surface area contributed by atoms with Crippen molar-refractivity contribution in [3.05, 3.63) is 42.3 Å². The maximum atomic E-state index is 12.7. The Kier molecular flexibility index (Phi) is 9.10. The molecule has 3 N–H and O–H groups in total. The highest BCUT2D eigenvalue weighted by Crippen LogP contribution is 2.36. The van der Waals surface area contributed by atoms with Gasteiger partial charge in [0, 0.05) is 66.8 Å². The van der Waals surface area contributed by atoms with Crippen LogP contribution < -0.4 is 20.9 Å². The minimum Gasteiger partial charge on any atom is -0.382 e. The molecule has 13 nitrogen and oxygen atoms in total. The summed E-state index contributed by atoms with van der Waals surface area (Å²) in [6.45, 7) is 3.06. The maximum Gasteiger partial charge on any atom is 0.256 e. The lowest BCUT2D eigenvalue weighted by Crippen LogP contribution is -2.37. The van der Waals surface area contributed by atoms with Crippen LogP contribution in [-0.4, -0.2) is 94.4 Å². The van der Waals surface area contributed by atoms with Crippen molar-refractivity contribution in [3.8, 4) is 22.6 Å². The number of morpholine rings is 1. The Bertz CT molecular complexity index is 1750. The second-order valence-corrected chi connectivity index (χ2v) is 14.7. The number of thiazole rings is 1. The summed E-state index contributed by atoms with van der Waals surface area (Å²) in [7, 11) is -3.48. The first-order chi connectivity index (χ1) is 22.5. The molecule has 0 aromatic carbocycles. The number of ether oxygens (including phenoxy) is 1. The fourth-order valence-electron chi connectivity index (χ4n) is 5.83. The topological polar surface area (TPSA) is 152 Å². The number of nitrogens with zero attached hydrogens (tertiary/aromatic N) is 7. The highest BCUT2D eigenvalue weighted by atomic mass is 32.2. The van der Waals surface area contributed by atoms with Crippen molar-refractivity contribution in [3.63, 3.8) is 0 Å². The van der Waals surface area contributed by atoms with Gasteiger partial charge in [-0.2, -0.15) is 9.19 Å². The summed E-state index contributed by atoms with van der Waals surface area (Å²) in [5.74, 6) is 1.45. The van der Waals surface area contributed by atoms with Crippen LogP contribution in [-0.2, 0) is 14.8 Å². The third-order valence-electron chi connectivity index (χ3n) is 8.50. The van der Waals surface area contributed by atoms with Gasteiger partial charge in [-0.25, -0.2) is 32.7 Å². The Morgan fingerprint density at radius 3 is 2.59 bits per heavy atom. The van der Waals surface area contributed by atoms with Gasteiger partial charge < -0.3 is 25.6 Å². The molecule has 3 aliphatic rings. The molecule has 46 heavy (non-hydrogen) atoms. The van der Waals surface area contributed by atoms with Gasteiger partial charge in [0.15, 0.2) is 11.0 Å². The molecule has 0 atom stereocenters. The van der Waals surface area contributed by atoms with E-state index in [1.54, 1.807) is 23.6 Å². The molecule has 0 spiro atoms. The van der Waals surface area contributed by atoms with E-state index in [9.17, 15) is 12.8 Å². The molecule has 4 aromatic rings. The fraction of sp³-hybridized carbons (Fsp3) is 0.500. The number of anilines is 4. The first kappa shape index (κ1) is 30.9. The van der Waals surface area contributed by atoms with Gasteiger partial charge in [-0.3, -0.25) is 0 Å². The third-order valence-corrected chi connectivity index (χ3v) is 11.4. The summed E-state index contributed by atoms with van der Waals surface area (Å²) >= 11 is 1.62. The summed E-state index contributed by atoms with van der Waals surface area (Å²) in [5, 5.41) is 17.1. The van der Waals surface area contributed by atoms with Crippen LogP contribution in [0.2, 0.25) is 0 Å². The third kappa shape index (κ3) is 6.99. The smallest absolute Gasteiger partial charge is 0.256 e. The number of nitrogens with one attached hydrogen (secondary N) is 3. The second kappa shape index (κ2) is 13.6. The standard InChI is InChI=1S/C30H37FN10O3S2/c31-8-10-32-21-1-3-22(4-2-21)36-25-15-28(34-17-24(25)26-19-45-30(37-26)40-11-13-44-14-12-40)38-27-7-9-33-29(39-27)20-16-35-41(18-20)46(42,43)23-5-6-23/h7,9,15-19,21-23,32H,1-6,8,10-14H2,(H2,33,34,36,38,39). The van der Waals surface area contributed by atoms with Crippen LogP contribution in [0.5, 0.6) is 0 Å². The quantitative estimate of drug-likeness (QED) is 0.200. The van der Waals surface area contributed by atoms with E-state index in [4.69, 9.17) is 14.7 Å². The number of halogens is 1. The highest BCUT2D eigenvalue weighted by Gasteiger charge is 2.37. The predicted octanol–water partition coefficient (Wildman–Crippen LogP) is 4.06. The minimum atomic E-state index is -3.48. The van der Waals surface area contributed by atoms with E-state index in [-0.39, 0.29) is 18.0 Å². The number of alkyl halides is 1. The Morgan fingerprint density at radius 2 is 1.80 bits per heavy atom. The van der Waals surface area contributed by atoms with Crippen molar-refractivity contribution in [2.75, 3.05) is 55.1 Å². The number of hydrogen-bond acceptors (Lipinski definition) is 13. The number of hydrogen-bond donors (Lipinski definition) is 3. The average Bonchev–Trinajstić information content (AvgIpc) is 3.62. The van der Waals surface area contributed by atoms with Crippen molar-refractivity contribution in [2.45, 2.75) is 55.9 Å². The van der Waals surface area contributed by atoms with Gasteiger partial charge in [0.05, 0.1) is 42.1 Å². The van der Waals surface area contributed by atoms with E-state index in [0.717, 1.165) is 64.9 Å². The van der Waals surface area contributed by atoms with E-state index >= 15 is 0 Å². The molecule has 2 saturated carbocycles. The predicted molar refractivity (Wildman–Crippen MR) is 176 cm³/mol. The largest absolute Gasteiger partial charge is 0.382 e. The molecule has 16 heteroatoms. The lowest BCUT2D eigenvalue weighted by molar-refractivity contribution is 0.122. The van der Waals surface area contributed by atoms with Crippen LogP contribution in [0, 0.1) is 0 Å². The van der Waals surface area contributed by atoms with Crippen LogP contribution >= 0.6 is 11.3 Å². The summed E-state index contributed by atoms with van der Waals surface area (Å²) in [6, 6.07) is 4.30. The molecule has 2 aliphatic carbocycles. The van der Waals surface area contributed by atoms with Gasteiger partial charge >= 0.3 is 0 Å². The van der Waals surface area contributed by atoms with E-state index in [2.05, 4.69) is 41.3 Å². The lowest BCUT2D eigenvalue weighted by atomic mass is 9.91. The summed E-state index contributed by atoms with van der Waals surface area (Å²) in [6.07, 6.45) is 11.6. The van der Waals surface area contributed by atoms with Gasteiger partial charge in [-0.1, -0.05) is 0 Å². The van der Waals surface area contributed by atoms with Crippen molar-refractivity contribution in [1.82, 2.24) is 34.4 Å². The first-order valence-corrected chi connectivity index (χ1v) is 18.1. The molecular formula is C30H37FN10O3S2. The molecule has 7 rings (SSSR count). The average molecular weight is 669 g/mol. The molecule has 4 aromatic heterocycles. The first-order valence-electron chi connectivity index (χ1n) is 15.7. The maximum absolute atomic E-state index is 12.7. The van der Waals surface area contributed by atoms with E-state index in [1.807, 2.05) is 12.3 Å². The molecule has 1 saturated heterocycles. The van der Waals surface area contributed by atoms with Crippen molar-refractivity contribution < 1.29 is 17.5 Å². The van der Waals surface area contributed by atoms with Gasteiger partial charge in [-0.15, -0.1) is 11.3 Å². The minimum absolute atomic E-state index is 0.254. The van der Waals surface area contributed by atoms with Crippen LogP contribution in [0.15, 0.2) is 42.3 Å². The molecule has 0 bridgehead atoms. The van der Waals surface area contributed by atoms with Crippen molar-refractivity contribution >= 4 is 43.8 Å². The molecule has 5 heterocycles. The Labute approximate surface area is 271 Å². The van der Waals surface area contributed by atoms with Crippen molar-refractivity contribution in [1.29, 1.82) is 0 Å². The molecule has 244 valence electrons. The molecular weight excluding hydrogens is 632 g/mol. The Hall–Kier alpha value is -3.73. The van der Waals surface area contributed by atoms with Crippen LogP contribution in [0.4, 0.5) is 26.8 Å². The van der Waals surface area contributed by atoms with Gasteiger partial charge in [-0.05, 0) is 44.6 Å². The zero-order chi connectivity index (χ0) is 31.5. The van der Waals surface area contributed by atoms with Crippen molar-refractivity contribution in [2.24, 2.45) is 0 Å². The van der Waals surface area contributed by atoms with E-state index in [1.165, 1.54) is 12.4 Å². The van der Waals surface area contributed by atoms with Gasteiger partial charge in [0.25, 0.3) is 10.0 Å². The molecule has 1 aliphatic heterocycles. The fourth-order valence-corrected chi connectivity index (χ4v) is 8.19. The Balaban J connectivity index is 1.12. The SMILES string of the molecule is O=S(=O)(C1CC1)n1cc(-c2nccc(Nc3cc(NC4CCC(NCCF)CC4)c(-c4csc(N5CCOCC5)n4)cn3)n2)cn1. The summed E-state index contributed by atoms with van der Waals surface area (Å²) in [4.78, 5) is 20.9. The molecule has 0 amide bonds.